The second-order valence-electron chi connectivity index (χ2n) is 5.21. The van der Waals surface area contributed by atoms with Gasteiger partial charge in [0, 0.05) is 18.3 Å². The van der Waals surface area contributed by atoms with Crippen molar-refractivity contribution < 1.29 is 0 Å². The molecular weight excluding hydrogens is 222 g/mol. The highest BCUT2D eigenvalue weighted by Gasteiger charge is 2.16. The van der Waals surface area contributed by atoms with Gasteiger partial charge in [0.05, 0.1) is 5.69 Å². The van der Waals surface area contributed by atoms with Crippen molar-refractivity contribution in [1.29, 1.82) is 0 Å². The largest absolute Gasteiger partial charge is 0.317 e. The lowest BCUT2D eigenvalue weighted by molar-refractivity contribution is 0.187. The van der Waals surface area contributed by atoms with Gasteiger partial charge in [-0.2, -0.15) is 0 Å². The van der Waals surface area contributed by atoms with Crippen molar-refractivity contribution in [3.63, 3.8) is 0 Å². The first-order valence-electron chi connectivity index (χ1n) is 6.88. The second-order valence-corrected chi connectivity index (χ2v) is 5.21. The molecule has 1 rings (SSSR count). The normalized spacial score (nSPS) is 14.8. The summed E-state index contributed by atoms with van der Waals surface area (Å²) < 4.78 is 0. The lowest BCUT2D eigenvalue weighted by atomic mass is 10.0. The fourth-order valence-corrected chi connectivity index (χ4v) is 2.06. The van der Waals surface area contributed by atoms with E-state index >= 15 is 0 Å². The third kappa shape index (κ3) is 4.75. The van der Waals surface area contributed by atoms with Gasteiger partial charge in [-0.1, -0.05) is 19.9 Å². The first-order chi connectivity index (χ1) is 8.54. The van der Waals surface area contributed by atoms with Gasteiger partial charge in [-0.15, -0.1) is 0 Å². The van der Waals surface area contributed by atoms with Crippen molar-refractivity contribution in [3.05, 3.63) is 29.6 Å². The van der Waals surface area contributed by atoms with Gasteiger partial charge < -0.3 is 5.32 Å². The molecule has 0 saturated heterocycles. The Hall–Kier alpha value is -0.930. The van der Waals surface area contributed by atoms with Gasteiger partial charge in [-0.3, -0.25) is 9.88 Å². The SMILES string of the molecule is CCNCC(C)C(C)N(C)Cc1cccc(C)n1. The van der Waals surface area contributed by atoms with E-state index in [0.29, 0.717) is 12.0 Å². The molecule has 2 atom stereocenters. The average Bonchev–Trinajstić information content (AvgIpc) is 2.35. The molecule has 102 valence electrons. The molecule has 0 radical (unpaired) electrons. The quantitative estimate of drug-likeness (QED) is 0.804. The highest BCUT2D eigenvalue weighted by molar-refractivity contribution is 5.09. The summed E-state index contributed by atoms with van der Waals surface area (Å²) in [5.41, 5.74) is 2.24. The number of pyridine rings is 1. The summed E-state index contributed by atoms with van der Waals surface area (Å²) in [6.07, 6.45) is 0. The molecule has 1 heterocycles. The predicted molar refractivity (Wildman–Crippen MR) is 77.6 cm³/mol. The summed E-state index contributed by atoms with van der Waals surface area (Å²) in [7, 11) is 2.18. The van der Waals surface area contributed by atoms with Crippen LogP contribution in [0.3, 0.4) is 0 Å². The van der Waals surface area contributed by atoms with Crippen LogP contribution in [0.15, 0.2) is 18.2 Å². The Morgan fingerprint density at radius 3 is 2.67 bits per heavy atom. The molecule has 1 N–H and O–H groups in total. The van der Waals surface area contributed by atoms with Crippen molar-refractivity contribution >= 4 is 0 Å². The van der Waals surface area contributed by atoms with E-state index < -0.39 is 0 Å². The molecule has 0 fully saturated rings. The van der Waals surface area contributed by atoms with Crippen LogP contribution < -0.4 is 5.32 Å². The second kappa shape index (κ2) is 7.49. The summed E-state index contributed by atoms with van der Waals surface area (Å²) in [4.78, 5) is 6.94. The minimum atomic E-state index is 0.548. The first-order valence-corrected chi connectivity index (χ1v) is 6.88. The van der Waals surface area contributed by atoms with Gasteiger partial charge in [-0.25, -0.2) is 0 Å². The molecule has 2 unspecified atom stereocenters. The first kappa shape index (κ1) is 15.1. The van der Waals surface area contributed by atoms with Crippen molar-refractivity contribution in [2.75, 3.05) is 20.1 Å². The van der Waals surface area contributed by atoms with Gasteiger partial charge in [-0.05, 0) is 52.0 Å². The molecule has 0 amide bonds. The molecule has 0 aromatic carbocycles. The Bertz CT molecular complexity index is 351. The number of nitrogens with one attached hydrogen (secondary N) is 1. The zero-order chi connectivity index (χ0) is 13.5. The summed E-state index contributed by atoms with van der Waals surface area (Å²) in [6, 6.07) is 6.77. The van der Waals surface area contributed by atoms with Crippen LogP contribution in [0, 0.1) is 12.8 Å². The van der Waals surface area contributed by atoms with Crippen LogP contribution in [-0.4, -0.2) is 36.1 Å². The van der Waals surface area contributed by atoms with Crippen LogP contribution >= 0.6 is 0 Å². The fraction of sp³-hybridized carbons (Fsp3) is 0.667. The zero-order valence-electron chi connectivity index (χ0n) is 12.4. The van der Waals surface area contributed by atoms with E-state index in [-0.39, 0.29) is 0 Å². The Balaban J connectivity index is 2.51. The van der Waals surface area contributed by atoms with Crippen LogP contribution in [0.1, 0.15) is 32.2 Å². The molecule has 0 aliphatic carbocycles. The van der Waals surface area contributed by atoms with E-state index in [0.717, 1.165) is 31.0 Å². The Kier molecular flexibility index (Phi) is 6.30. The molecule has 3 nitrogen and oxygen atoms in total. The van der Waals surface area contributed by atoms with Crippen LogP contribution in [0.4, 0.5) is 0 Å². The average molecular weight is 249 g/mol. The molecule has 0 aliphatic heterocycles. The predicted octanol–water partition coefficient (Wildman–Crippen LogP) is 2.46. The van der Waals surface area contributed by atoms with Crippen LogP contribution in [0.25, 0.3) is 0 Å². The lowest BCUT2D eigenvalue weighted by Crippen LogP contribution is -2.38. The number of hydrogen-bond acceptors (Lipinski definition) is 3. The third-order valence-corrected chi connectivity index (χ3v) is 3.59. The third-order valence-electron chi connectivity index (χ3n) is 3.59. The van der Waals surface area contributed by atoms with Crippen molar-refractivity contribution in [2.24, 2.45) is 5.92 Å². The topological polar surface area (TPSA) is 28.2 Å². The number of aryl methyl sites for hydroxylation is 1. The zero-order valence-corrected chi connectivity index (χ0v) is 12.4. The van der Waals surface area contributed by atoms with Gasteiger partial charge >= 0.3 is 0 Å². The molecule has 0 aliphatic rings. The number of hydrogen-bond donors (Lipinski definition) is 1. The van der Waals surface area contributed by atoms with Gasteiger partial charge in [0.1, 0.15) is 0 Å². The lowest BCUT2D eigenvalue weighted by Gasteiger charge is -2.29. The van der Waals surface area contributed by atoms with E-state index in [1.165, 1.54) is 0 Å². The molecule has 0 saturated carbocycles. The molecule has 0 spiro atoms. The smallest absolute Gasteiger partial charge is 0.0547 e. The minimum absolute atomic E-state index is 0.548. The molecule has 1 aromatic rings. The molecule has 0 bridgehead atoms. The summed E-state index contributed by atoms with van der Waals surface area (Å²) in [5, 5.41) is 3.41. The minimum Gasteiger partial charge on any atom is -0.317 e. The van der Waals surface area contributed by atoms with Gasteiger partial charge in [0.25, 0.3) is 0 Å². The van der Waals surface area contributed by atoms with E-state index in [9.17, 15) is 0 Å². The standard InChI is InChI=1S/C15H27N3/c1-6-16-10-12(2)14(4)18(5)11-15-9-7-8-13(3)17-15/h7-9,12,14,16H,6,10-11H2,1-5H3. The highest BCUT2D eigenvalue weighted by Crippen LogP contribution is 2.11. The summed E-state index contributed by atoms with van der Waals surface area (Å²) in [5.74, 6) is 0.639. The molecule has 3 heteroatoms. The van der Waals surface area contributed by atoms with Gasteiger partial charge in [0.15, 0.2) is 0 Å². The van der Waals surface area contributed by atoms with Crippen molar-refractivity contribution in [2.45, 2.75) is 40.3 Å². The Morgan fingerprint density at radius 1 is 1.33 bits per heavy atom. The summed E-state index contributed by atoms with van der Waals surface area (Å²) in [6.45, 7) is 11.8. The Labute approximate surface area is 112 Å². The van der Waals surface area contributed by atoms with Crippen molar-refractivity contribution in [3.8, 4) is 0 Å². The van der Waals surface area contributed by atoms with E-state index in [1.807, 2.05) is 13.0 Å². The number of nitrogens with zero attached hydrogens (tertiary/aromatic N) is 2. The fourth-order valence-electron chi connectivity index (χ4n) is 2.06. The van der Waals surface area contributed by atoms with Crippen LogP contribution in [-0.2, 0) is 6.54 Å². The molecule has 1 aromatic heterocycles. The molecular formula is C15H27N3. The maximum atomic E-state index is 4.56. The maximum Gasteiger partial charge on any atom is 0.0547 e. The van der Waals surface area contributed by atoms with Crippen LogP contribution in [0.5, 0.6) is 0 Å². The number of rotatable bonds is 7. The molecule has 18 heavy (non-hydrogen) atoms. The maximum absolute atomic E-state index is 4.56. The van der Waals surface area contributed by atoms with E-state index in [4.69, 9.17) is 0 Å². The number of aromatic nitrogens is 1. The summed E-state index contributed by atoms with van der Waals surface area (Å²) >= 11 is 0. The van der Waals surface area contributed by atoms with Crippen molar-refractivity contribution in [1.82, 2.24) is 15.2 Å². The van der Waals surface area contributed by atoms with E-state index in [2.05, 4.69) is 55.2 Å². The monoisotopic (exact) mass is 249 g/mol. The van der Waals surface area contributed by atoms with E-state index in [1.54, 1.807) is 0 Å². The Morgan fingerprint density at radius 2 is 2.06 bits per heavy atom. The van der Waals surface area contributed by atoms with Crippen LogP contribution in [0.2, 0.25) is 0 Å². The van der Waals surface area contributed by atoms with Gasteiger partial charge in [0.2, 0.25) is 0 Å². The highest BCUT2D eigenvalue weighted by atomic mass is 15.1.